The third-order valence-corrected chi connectivity index (χ3v) is 4.37. The largest absolute Gasteiger partial charge is 0.320 e. The van der Waals surface area contributed by atoms with Gasteiger partial charge in [-0.25, -0.2) is 0 Å². The van der Waals surface area contributed by atoms with Crippen LogP contribution < -0.4 is 5.73 Å². The summed E-state index contributed by atoms with van der Waals surface area (Å²) in [6.07, 6.45) is 0. The molecule has 0 radical (unpaired) electrons. The van der Waals surface area contributed by atoms with Gasteiger partial charge in [0.15, 0.2) is 0 Å². The lowest BCUT2D eigenvalue weighted by Gasteiger charge is -2.16. The number of halogens is 2. The molecule has 0 bridgehead atoms. The Morgan fingerprint density at radius 2 is 1.65 bits per heavy atom. The van der Waals surface area contributed by atoms with Gasteiger partial charge in [0.1, 0.15) is 0 Å². The molecule has 3 aromatic carbocycles. The van der Waals surface area contributed by atoms with E-state index in [1.54, 1.807) is 0 Å². The van der Waals surface area contributed by atoms with Crippen LogP contribution in [0.5, 0.6) is 0 Å². The van der Waals surface area contributed by atoms with Gasteiger partial charge in [-0.2, -0.15) is 0 Å². The normalized spacial score (nSPS) is 12.6. The third-order valence-electron chi connectivity index (χ3n) is 3.45. The summed E-state index contributed by atoms with van der Waals surface area (Å²) in [6, 6.07) is 19.9. The maximum Gasteiger partial charge on any atom is 0.0558 e. The van der Waals surface area contributed by atoms with Crippen LogP contribution in [0.15, 0.2) is 65.1 Å². The molecule has 0 saturated carbocycles. The Bertz CT molecular complexity index is 770. The smallest absolute Gasteiger partial charge is 0.0558 e. The number of hydrogen-bond donors (Lipinski definition) is 1. The first-order chi connectivity index (χ1) is 9.66. The number of fused-ring (bicyclic) bond motifs is 1. The van der Waals surface area contributed by atoms with Crippen molar-refractivity contribution in [1.82, 2.24) is 0 Å². The Balaban J connectivity index is 2.17. The van der Waals surface area contributed by atoms with Crippen LogP contribution in [-0.4, -0.2) is 0 Å². The molecule has 3 aromatic rings. The summed E-state index contributed by atoms with van der Waals surface area (Å²) in [6.45, 7) is 0. The van der Waals surface area contributed by atoms with E-state index in [0.717, 1.165) is 21.0 Å². The molecule has 0 amide bonds. The van der Waals surface area contributed by atoms with Gasteiger partial charge in [0.25, 0.3) is 0 Å². The fourth-order valence-corrected chi connectivity index (χ4v) is 3.11. The minimum Gasteiger partial charge on any atom is -0.320 e. The maximum atomic E-state index is 6.43. The average Bonchev–Trinajstić information content (AvgIpc) is 2.47. The lowest BCUT2D eigenvalue weighted by atomic mass is 9.94. The van der Waals surface area contributed by atoms with Crippen molar-refractivity contribution in [2.75, 3.05) is 0 Å². The van der Waals surface area contributed by atoms with Crippen LogP contribution in [0.4, 0.5) is 0 Å². The second kappa shape index (κ2) is 5.57. The van der Waals surface area contributed by atoms with Crippen molar-refractivity contribution >= 4 is 38.3 Å². The first-order valence-corrected chi connectivity index (χ1v) is 7.52. The first kappa shape index (κ1) is 13.6. The molecule has 3 heteroatoms. The fourth-order valence-electron chi connectivity index (χ4n) is 2.44. The van der Waals surface area contributed by atoms with Crippen molar-refractivity contribution < 1.29 is 0 Å². The van der Waals surface area contributed by atoms with Crippen molar-refractivity contribution in [3.05, 3.63) is 81.3 Å². The second-order valence-corrected chi connectivity index (χ2v) is 6.01. The van der Waals surface area contributed by atoms with Gasteiger partial charge in [0.05, 0.1) is 6.04 Å². The summed E-state index contributed by atoms with van der Waals surface area (Å²) in [5, 5.41) is 3.04. The predicted molar refractivity (Wildman–Crippen MR) is 89.1 cm³/mol. The summed E-state index contributed by atoms with van der Waals surface area (Å²) in [7, 11) is 0. The standard InChI is InChI=1S/C17H13BrClN/c18-16-9-8-15(13-6-1-2-7-14(13)16)17(20)11-4-3-5-12(19)10-11/h1-10,17H,20H2. The topological polar surface area (TPSA) is 26.0 Å². The summed E-state index contributed by atoms with van der Waals surface area (Å²) >= 11 is 9.64. The van der Waals surface area contributed by atoms with Crippen LogP contribution in [0.1, 0.15) is 17.2 Å². The third kappa shape index (κ3) is 2.47. The van der Waals surface area contributed by atoms with Crippen molar-refractivity contribution in [3.8, 4) is 0 Å². The lowest BCUT2D eigenvalue weighted by Crippen LogP contribution is -2.12. The van der Waals surface area contributed by atoms with Gasteiger partial charge in [-0.05, 0) is 40.1 Å². The monoisotopic (exact) mass is 345 g/mol. The molecule has 0 aliphatic carbocycles. The van der Waals surface area contributed by atoms with Crippen LogP contribution >= 0.6 is 27.5 Å². The zero-order valence-electron chi connectivity index (χ0n) is 10.7. The zero-order chi connectivity index (χ0) is 14.1. The number of nitrogens with two attached hydrogens (primary N) is 1. The Labute approximate surface area is 131 Å². The Morgan fingerprint density at radius 3 is 2.40 bits per heavy atom. The molecule has 0 aliphatic rings. The molecule has 0 aliphatic heterocycles. The van der Waals surface area contributed by atoms with E-state index < -0.39 is 0 Å². The van der Waals surface area contributed by atoms with Crippen LogP contribution in [0.3, 0.4) is 0 Å². The van der Waals surface area contributed by atoms with Gasteiger partial charge in [-0.1, -0.05) is 70.0 Å². The van der Waals surface area contributed by atoms with Gasteiger partial charge in [-0.3, -0.25) is 0 Å². The lowest BCUT2D eigenvalue weighted by molar-refractivity contribution is 0.880. The van der Waals surface area contributed by atoms with Crippen LogP contribution in [0.2, 0.25) is 5.02 Å². The van der Waals surface area contributed by atoms with Crippen molar-refractivity contribution in [1.29, 1.82) is 0 Å². The number of hydrogen-bond acceptors (Lipinski definition) is 1. The molecule has 1 nitrogen and oxygen atoms in total. The molecule has 0 fully saturated rings. The minimum absolute atomic E-state index is 0.188. The van der Waals surface area contributed by atoms with Gasteiger partial charge in [0.2, 0.25) is 0 Å². The SMILES string of the molecule is NC(c1cccc(Cl)c1)c1ccc(Br)c2ccccc12. The number of benzene rings is 3. The average molecular weight is 347 g/mol. The highest BCUT2D eigenvalue weighted by Crippen LogP contribution is 2.32. The zero-order valence-corrected chi connectivity index (χ0v) is 13.0. The van der Waals surface area contributed by atoms with Gasteiger partial charge < -0.3 is 5.73 Å². The van der Waals surface area contributed by atoms with Crippen molar-refractivity contribution in [3.63, 3.8) is 0 Å². The van der Waals surface area contributed by atoms with Crippen molar-refractivity contribution in [2.24, 2.45) is 5.73 Å². The second-order valence-electron chi connectivity index (χ2n) is 4.71. The predicted octanol–water partition coefficient (Wildman–Crippen LogP) is 5.30. The molecule has 2 N–H and O–H groups in total. The van der Waals surface area contributed by atoms with E-state index in [4.69, 9.17) is 17.3 Å². The molecular formula is C17H13BrClN. The molecule has 0 spiro atoms. The Kier molecular flexibility index (Phi) is 3.79. The molecule has 20 heavy (non-hydrogen) atoms. The van der Waals surface area contributed by atoms with Gasteiger partial charge in [0, 0.05) is 9.50 Å². The number of rotatable bonds is 2. The molecule has 0 heterocycles. The molecule has 100 valence electrons. The highest BCUT2D eigenvalue weighted by Gasteiger charge is 2.13. The molecule has 0 aromatic heterocycles. The maximum absolute atomic E-state index is 6.43. The van der Waals surface area contributed by atoms with Crippen LogP contribution in [-0.2, 0) is 0 Å². The summed E-state index contributed by atoms with van der Waals surface area (Å²) < 4.78 is 1.08. The Hall–Kier alpha value is -1.35. The highest BCUT2D eigenvalue weighted by molar-refractivity contribution is 9.10. The quantitative estimate of drug-likeness (QED) is 0.669. The van der Waals surface area contributed by atoms with E-state index in [2.05, 4.69) is 34.1 Å². The van der Waals surface area contributed by atoms with E-state index in [0.29, 0.717) is 5.02 Å². The summed E-state index contributed by atoms with van der Waals surface area (Å²) in [5.41, 5.74) is 8.55. The fraction of sp³-hybridized carbons (Fsp3) is 0.0588. The van der Waals surface area contributed by atoms with Gasteiger partial charge >= 0.3 is 0 Å². The van der Waals surface area contributed by atoms with E-state index in [9.17, 15) is 0 Å². The summed E-state index contributed by atoms with van der Waals surface area (Å²) in [4.78, 5) is 0. The molecule has 3 rings (SSSR count). The highest BCUT2D eigenvalue weighted by atomic mass is 79.9. The van der Waals surface area contributed by atoms with Crippen LogP contribution in [0, 0.1) is 0 Å². The summed E-state index contributed by atoms with van der Waals surface area (Å²) in [5.74, 6) is 0. The first-order valence-electron chi connectivity index (χ1n) is 6.35. The van der Waals surface area contributed by atoms with E-state index in [1.165, 1.54) is 5.39 Å². The minimum atomic E-state index is -0.188. The van der Waals surface area contributed by atoms with Gasteiger partial charge in [-0.15, -0.1) is 0 Å². The molecular weight excluding hydrogens is 334 g/mol. The molecule has 1 unspecified atom stereocenters. The van der Waals surface area contributed by atoms with E-state index in [1.807, 2.05) is 42.5 Å². The van der Waals surface area contributed by atoms with Crippen LogP contribution in [0.25, 0.3) is 10.8 Å². The van der Waals surface area contributed by atoms with E-state index >= 15 is 0 Å². The van der Waals surface area contributed by atoms with E-state index in [-0.39, 0.29) is 6.04 Å². The molecule has 1 atom stereocenters. The van der Waals surface area contributed by atoms with Crippen molar-refractivity contribution in [2.45, 2.75) is 6.04 Å². The Morgan fingerprint density at radius 1 is 0.900 bits per heavy atom. The molecule has 0 saturated heterocycles.